The second-order valence-electron chi connectivity index (χ2n) is 3.09. The van der Waals surface area contributed by atoms with Crippen molar-refractivity contribution in [2.24, 2.45) is 5.73 Å². The first-order valence-electron chi connectivity index (χ1n) is 4.54. The van der Waals surface area contributed by atoms with Crippen molar-refractivity contribution in [1.82, 2.24) is 10.3 Å². The van der Waals surface area contributed by atoms with E-state index in [9.17, 15) is 21.6 Å². The van der Waals surface area contributed by atoms with E-state index in [0.717, 1.165) is 12.1 Å². The molecular weight excluding hydrogens is 307 g/mol. The number of nitrogens with one attached hydrogen (secondary N) is 2. The van der Waals surface area contributed by atoms with E-state index < -0.39 is 32.1 Å². The Morgan fingerprint density at radius 2 is 1.89 bits per heavy atom. The number of hydrazine groups is 1. The summed E-state index contributed by atoms with van der Waals surface area (Å²) in [5.41, 5.74) is 6.91. The quantitative estimate of drug-likeness (QED) is 0.557. The summed E-state index contributed by atoms with van der Waals surface area (Å²) in [5, 5.41) is -0.391. The maximum atomic E-state index is 12.1. The van der Waals surface area contributed by atoms with Crippen molar-refractivity contribution in [1.29, 1.82) is 0 Å². The minimum Gasteiger partial charge on any atom is -0.404 e. The van der Waals surface area contributed by atoms with Crippen molar-refractivity contribution < 1.29 is 26.3 Å². The topological polar surface area (TPSA) is 93.5 Å². The molecule has 0 radical (unpaired) electrons. The van der Waals surface area contributed by atoms with Crippen molar-refractivity contribution in [3.8, 4) is 5.75 Å². The number of hydrogen-bond donors (Lipinski definition) is 3. The number of benzene rings is 1. The molecule has 4 N–H and O–H groups in total. The van der Waals surface area contributed by atoms with Crippen LogP contribution in [0.3, 0.4) is 0 Å². The van der Waals surface area contributed by atoms with Gasteiger partial charge in [-0.2, -0.15) is 0 Å². The molecule has 0 saturated heterocycles. The van der Waals surface area contributed by atoms with E-state index in [0.29, 0.717) is 0 Å². The van der Waals surface area contributed by atoms with Crippen LogP contribution in [0.4, 0.5) is 13.2 Å². The van der Waals surface area contributed by atoms with E-state index in [-0.39, 0.29) is 0 Å². The van der Waals surface area contributed by atoms with Crippen LogP contribution in [0.15, 0.2) is 29.2 Å². The molecule has 0 bridgehead atoms. The number of sulfonamides is 1. The van der Waals surface area contributed by atoms with Gasteiger partial charge in [0.05, 0.1) is 0 Å². The molecule has 1 aromatic carbocycles. The highest BCUT2D eigenvalue weighted by atomic mass is 32.2. The maximum Gasteiger partial charge on any atom is 0.573 e. The summed E-state index contributed by atoms with van der Waals surface area (Å²) in [5.74, 6) is -0.868. The van der Waals surface area contributed by atoms with Gasteiger partial charge in [-0.3, -0.25) is 5.43 Å². The number of thiocarbonyl (C=S) groups is 1. The first kappa shape index (κ1) is 15.5. The molecular formula is C8H8F3N3O3S2. The van der Waals surface area contributed by atoms with Gasteiger partial charge in [0.25, 0.3) is 10.0 Å². The van der Waals surface area contributed by atoms with E-state index >= 15 is 0 Å². The molecule has 1 rings (SSSR count). The fourth-order valence-corrected chi connectivity index (χ4v) is 2.16. The van der Waals surface area contributed by atoms with E-state index in [2.05, 4.69) is 17.0 Å². The van der Waals surface area contributed by atoms with Crippen LogP contribution < -0.4 is 20.7 Å². The number of rotatable bonds is 4. The minimum absolute atomic E-state index is 0.391. The summed E-state index contributed by atoms with van der Waals surface area (Å²) < 4.78 is 63.4. The van der Waals surface area contributed by atoms with Gasteiger partial charge in [-0.25, -0.2) is 8.42 Å². The largest absolute Gasteiger partial charge is 0.573 e. The van der Waals surface area contributed by atoms with Crippen LogP contribution in [-0.2, 0) is 10.0 Å². The molecule has 0 amide bonds. The fourth-order valence-electron chi connectivity index (χ4n) is 1.05. The van der Waals surface area contributed by atoms with Crippen molar-refractivity contribution in [2.45, 2.75) is 11.3 Å². The lowest BCUT2D eigenvalue weighted by Gasteiger charge is -2.14. The Bertz CT molecular complexity index is 574. The van der Waals surface area contributed by atoms with Gasteiger partial charge in [0.1, 0.15) is 10.6 Å². The Labute approximate surface area is 111 Å². The predicted octanol–water partition coefficient (Wildman–Crippen LogP) is 0.612. The molecule has 0 aliphatic rings. The average Bonchev–Trinajstić information content (AvgIpc) is 2.25. The van der Waals surface area contributed by atoms with Gasteiger partial charge in [-0.05, 0) is 24.4 Å². The molecule has 106 valence electrons. The second kappa shape index (κ2) is 5.59. The average molecular weight is 315 g/mol. The molecule has 6 nitrogen and oxygen atoms in total. The molecule has 0 atom stereocenters. The number of nitrogens with two attached hydrogens (primary N) is 1. The lowest BCUT2D eigenvalue weighted by Crippen LogP contribution is -2.44. The highest BCUT2D eigenvalue weighted by Crippen LogP contribution is 2.28. The van der Waals surface area contributed by atoms with Gasteiger partial charge in [0.15, 0.2) is 5.11 Å². The molecule has 0 heterocycles. The maximum absolute atomic E-state index is 12.1. The zero-order valence-corrected chi connectivity index (χ0v) is 10.7. The number of para-hydroxylation sites is 1. The summed E-state index contributed by atoms with van der Waals surface area (Å²) in [7, 11) is -4.31. The van der Waals surface area contributed by atoms with Crippen molar-refractivity contribution in [3.05, 3.63) is 24.3 Å². The Balaban J connectivity index is 3.09. The van der Waals surface area contributed by atoms with Crippen LogP contribution in [-0.4, -0.2) is 19.9 Å². The van der Waals surface area contributed by atoms with Crippen LogP contribution in [0.25, 0.3) is 0 Å². The van der Waals surface area contributed by atoms with Gasteiger partial charge < -0.3 is 10.5 Å². The van der Waals surface area contributed by atoms with Crippen LogP contribution in [0, 0.1) is 0 Å². The number of ether oxygens (including phenoxy) is 1. The summed E-state index contributed by atoms with van der Waals surface area (Å²) >= 11 is 4.36. The Morgan fingerprint density at radius 1 is 1.32 bits per heavy atom. The molecule has 1 aromatic rings. The lowest BCUT2D eigenvalue weighted by molar-refractivity contribution is -0.275. The predicted molar refractivity (Wildman–Crippen MR) is 63.4 cm³/mol. The standard InChI is InChI=1S/C8H8F3N3O3S2/c9-8(10,11)17-5-3-1-2-4-6(5)19(15,16)14-13-7(12)18/h1-4,14H,(H3,12,13,18). The highest BCUT2D eigenvalue weighted by Gasteiger charge is 2.33. The Hall–Kier alpha value is -1.59. The van der Waals surface area contributed by atoms with Crippen molar-refractivity contribution in [2.75, 3.05) is 0 Å². The molecule has 0 spiro atoms. The van der Waals surface area contributed by atoms with Crippen LogP contribution >= 0.6 is 12.2 Å². The number of halogens is 3. The first-order chi connectivity index (χ1) is 8.62. The van der Waals surface area contributed by atoms with Crippen LogP contribution in [0.5, 0.6) is 5.75 Å². The summed E-state index contributed by atoms with van der Waals surface area (Å²) in [4.78, 5) is 0.998. The molecule has 11 heteroatoms. The normalized spacial score (nSPS) is 11.9. The van der Waals surface area contributed by atoms with Gasteiger partial charge in [0, 0.05) is 0 Å². The van der Waals surface area contributed by atoms with Crippen LogP contribution in [0.2, 0.25) is 0 Å². The van der Waals surface area contributed by atoms with Crippen molar-refractivity contribution >= 4 is 27.4 Å². The third-order valence-electron chi connectivity index (χ3n) is 1.67. The summed E-state index contributed by atoms with van der Waals surface area (Å²) in [6.45, 7) is 0. The SMILES string of the molecule is NC(=S)NNS(=O)(=O)c1ccccc1OC(F)(F)F. The first-order valence-corrected chi connectivity index (χ1v) is 6.43. The molecule has 0 saturated carbocycles. The molecule has 0 fully saturated rings. The van der Waals surface area contributed by atoms with Gasteiger partial charge in [-0.15, -0.1) is 18.0 Å². The van der Waals surface area contributed by atoms with Gasteiger partial charge >= 0.3 is 6.36 Å². The van der Waals surface area contributed by atoms with Crippen molar-refractivity contribution in [3.63, 3.8) is 0 Å². The third kappa shape index (κ3) is 4.89. The zero-order chi connectivity index (χ0) is 14.7. The van der Waals surface area contributed by atoms with Crippen LogP contribution in [0.1, 0.15) is 0 Å². The fraction of sp³-hybridized carbons (Fsp3) is 0.125. The lowest BCUT2D eigenvalue weighted by atomic mass is 10.3. The molecule has 0 aliphatic carbocycles. The number of alkyl halides is 3. The molecule has 0 unspecified atom stereocenters. The van der Waals surface area contributed by atoms with Gasteiger partial charge in [0.2, 0.25) is 0 Å². The van der Waals surface area contributed by atoms with Gasteiger partial charge in [-0.1, -0.05) is 12.1 Å². The highest BCUT2D eigenvalue weighted by molar-refractivity contribution is 7.89. The smallest absolute Gasteiger partial charge is 0.404 e. The Morgan fingerprint density at radius 3 is 2.42 bits per heavy atom. The zero-order valence-electron chi connectivity index (χ0n) is 9.06. The number of hydrogen-bond acceptors (Lipinski definition) is 4. The third-order valence-corrected chi connectivity index (χ3v) is 3.06. The monoisotopic (exact) mass is 315 g/mol. The summed E-state index contributed by atoms with van der Waals surface area (Å²) in [6, 6.07) is 4.23. The minimum atomic E-state index is -5.01. The molecule has 0 aromatic heterocycles. The van der Waals surface area contributed by atoms with E-state index in [1.54, 1.807) is 4.83 Å². The second-order valence-corrected chi connectivity index (χ2v) is 5.18. The van der Waals surface area contributed by atoms with E-state index in [1.165, 1.54) is 12.1 Å². The van der Waals surface area contributed by atoms with E-state index in [4.69, 9.17) is 5.73 Å². The Kier molecular flexibility index (Phi) is 4.55. The molecule has 19 heavy (non-hydrogen) atoms. The summed E-state index contributed by atoms with van der Waals surface area (Å²) in [6.07, 6.45) is -5.01. The molecule has 0 aliphatic heterocycles. The van der Waals surface area contributed by atoms with E-state index in [1.807, 2.05) is 5.43 Å².